The van der Waals surface area contributed by atoms with Gasteiger partial charge in [-0.2, -0.15) is 0 Å². The van der Waals surface area contributed by atoms with Crippen molar-refractivity contribution in [3.05, 3.63) is 82.4 Å². The topological polar surface area (TPSA) is 61.2 Å². The number of aromatic nitrogens is 2. The first-order chi connectivity index (χ1) is 16.8. The largest absolute Gasteiger partial charge is 0.486 e. The van der Waals surface area contributed by atoms with Gasteiger partial charge in [0.05, 0.1) is 0 Å². The van der Waals surface area contributed by atoms with E-state index in [2.05, 4.69) is 62.4 Å². The molecule has 35 heavy (non-hydrogen) atoms. The number of carbonyl (C=O) groups is 2. The third-order valence-corrected chi connectivity index (χ3v) is 6.46. The number of nitrogens with zero attached hydrogens (tertiary/aromatic N) is 2. The number of imidazole rings is 1. The Balaban J connectivity index is 1.48. The zero-order chi connectivity index (χ0) is 25.4. The van der Waals surface area contributed by atoms with Gasteiger partial charge in [0.1, 0.15) is 24.0 Å². The van der Waals surface area contributed by atoms with Gasteiger partial charge in [-0.25, -0.2) is 4.98 Å². The molecular formula is C30H38N2O3. The van der Waals surface area contributed by atoms with Gasteiger partial charge in [-0.05, 0) is 61.9 Å². The van der Waals surface area contributed by atoms with Gasteiger partial charge in [0, 0.05) is 44.1 Å². The number of benzene rings is 2. The highest BCUT2D eigenvalue weighted by Gasteiger charge is 2.14. The van der Waals surface area contributed by atoms with Crippen molar-refractivity contribution in [1.82, 2.24) is 9.55 Å². The highest BCUT2D eigenvalue weighted by molar-refractivity contribution is 5.81. The van der Waals surface area contributed by atoms with E-state index in [1.807, 2.05) is 30.5 Å². The van der Waals surface area contributed by atoms with E-state index in [-0.39, 0.29) is 18.2 Å². The lowest BCUT2D eigenvalue weighted by Crippen LogP contribution is -2.14. The van der Waals surface area contributed by atoms with Crippen LogP contribution in [0.5, 0.6) is 5.75 Å². The molecule has 0 fully saturated rings. The van der Waals surface area contributed by atoms with E-state index >= 15 is 0 Å². The molecule has 0 radical (unpaired) electrons. The van der Waals surface area contributed by atoms with Crippen LogP contribution in [0.3, 0.4) is 0 Å². The molecule has 5 heteroatoms. The lowest BCUT2D eigenvalue weighted by Gasteiger charge is -2.11. The number of hydrogen-bond donors (Lipinski definition) is 0. The predicted molar refractivity (Wildman–Crippen MR) is 140 cm³/mol. The lowest BCUT2D eigenvalue weighted by atomic mass is 9.99. The van der Waals surface area contributed by atoms with E-state index in [0.29, 0.717) is 43.8 Å². The first-order valence-electron chi connectivity index (χ1n) is 12.6. The van der Waals surface area contributed by atoms with E-state index in [9.17, 15) is 9.59 Å². The first-order valence-corrected chi connectivity index (χ1v) is 12.6. The average Bonchev–Trinajstić information content (AvgIpc) is 3.24. The Morgan fingerprint density at radius 2 is 1.69 bits per heavy atom. The van der Waals surface area contributed by atoms with Gasteiger partial charge in [-0.15, -0.1) is 0 Å². The molecule has 0 unspecified atom stereocenters. The summed E-state index contributed by atoms with van der Waals surface area (Å²) in [5.41, 5.74) is 5.74. The normalized spacial score (nSPS) is 11.1. The van der Waals surface area contributed by atoms with Gasteiger partial charge in [0.15, 0.2) is 5.78 Å². The van der Waals surface area contributed by atoms with E-state index in [1.54, 1.807) is 0 Å². The van der Waals surface area contributed by atoms with Gasteiger partial charge >= 0.3 is 0 Å². The van der Waals surface area contributed by atoms with Gasteiger partial charge < -0.3 is 9.30 Å². The van der Waals surface area contributed by atoms with Crippen LogP contribution in [0, 0.1) is 13.8 Å². The molecular weight excluding hydrogens is 436 g/mol. The maximum Gasteiger partial charge on any atom is 0.170 e. The fourth-order valence-electron chi connectivity index (χ4n) is 4.23. The summed E-state index contributed by atoms with van der Waals surface area (Å²) in [6.45, 7) is 11.3. The molecule has 0 saturated heterocycles. The van der Waals surface area contributed by atoms with E-state index in [1.165, 1.54) is 11.1 Å². The van der Waals surface area contributed by atoms with Crippen LogP contribution in [-0.2, 0) is 35.4 Å². The molecule has 0 aliphatic carbocycles. The molecule has 3 rings (SSSR count). The second-order valence-electron chi connectivity index (χ2n) is 9.61. The average molecular weight is 475 g/mol. The minimum absolute atomic E-state index is 0.0499. The Bertz CT molecular complexity index is 1140. The Hall–Kier alpha value is -3.21. The molecule has 2 aromatic carbocycles. The van der Waals surface area contributed by atoms with Crippen molar-refractivity contribution >= 4 is 11.6 Å². The maximum atomic E-state index is 12.6. The summed E-state index contributed by atoms with van der Waals surface area (Å²) in [6.07, 6.45) is 4.41. The molecule has 3 aromatic rings. The summed E-state index contributed by atoms with van der Waals surface area (Å²) >= 11 is 0. The third kappa shape index (κ3) is 7.64. The minimum atomic E-state index is 0.0499. The van der Waals surface area contributed by atoms with Crippen molar-refractivity contribution in [2.75, 3.05) is 6.61 Å². The fraction of sp³-hybridized carbons (Fsp3) is 0.433. The highest BCUT2D eigenvalue weighted by atomic mass is 16.5. The van der Waals surface area contributed by atoms with Crippen LogP contribution in [0.4, 0.5) is 0 Å². The third-order valence-electron chi connectivity index (χ3n) is 6.46. The van der Waals surface area contributed by atoms with Gasteiger partial charge in [0.2, 0.25) is 0 Å². The van der Waals surface area contributed by atoms with Gasteiger partial charge in [0.25, 0.3) is 0 Å². The molecule has 0 atom stereocenters. The molecule has 0 N–H and O–H groups in total. The van der Waals surface area contributed by atoms with Crippen molar-refractivity contribution in [2.45, 2.75) is 79.2 Å². The van der Waals surface area contributed by atoms with Crippen LogP contribution < -0.4 is 4.74 Å². The Morgan fingerprint density at radius 3 is 2.37 bits per heavy atom. The van der Waals surface area contributed by atoms with Crippen LogP contribution in [0.1, 0.15) is 73.3 Å². The summed E-state index contributed by atoms with van der Waals surface area (Å²) in [6, 6.07) is 14.2. The first kappa shape index (κ1) is 26.4. The van der Waals surface area contributed by atoms with E-state index < -0.39 is 0 Å². The minimum Gasteiger partial charge on any atom is -0.486 e. The van der Waals surface area contributed by atoms with Crippen molar-refractivity contribution in [3.8, 4) is 5.75 Å². The quantitative estimate of drug-likeness (QED) is 0.306. The fourth-order valence-corrected chi connectivity index (χ4v) is 4.23. The zero-order valence-corrected chi connectivity index (χ0v) is 21.8. The number of ether oxygens (including phenoxy) is 1. The maximum absolute atomic E-state index is 12.6. The second kappa shape index (κ2) is 12.5. The standard InChI is InChI=1S/C30H38N2O3/c1-6-32-26(11-12-27(33)18-25-17-22(4)7-8-23(25)5)19-31-30(32)16-13-28(34)20-35-29-14-9-24(10-15-29)21(2)3/h7-10,14-15,17,19,21H,6,11-13,16,18,20H2,1-5H3. The van der Waals surface area contributed by atoms with E-state index in [0.717, 1.165) is 29.2 Å². The molecule has 186 valence electrons. The molecule has 1 heterocycles. The van der Waals surface area contributed by atoms with Crippen molar-refractivity contribution in [1.29, 1.82) is 0 Å². The lowest BCUT2D eigenvalue weighted by molar-refractivity contribution is -0.121. The Morgan fingerprint density at radius 1 is 0.971 bits per heavy atom. The molecule has 5 nitrogen and oxygen atoms in total. The number of rotatable bonds is 13. The number of Topliss-reactive ketones (excluding diaryl/α,β-unsaturated/α-hetero) is 2. The number of hydrogen-bond acceptors (Lipinski definition) is 4. The summed E-state index contributed by atoms with van der Waals surface area (Å²) < 4.78 is 7.80. The number of ketones is 2. The van der Waals surface area contributed by atoms with Gasteiger partial charge in [-0.1, -0.05) is 49.7 Å². The SMILES string of the molecule is CCn1c(CCC(=O)Cc2cc(C)ccc2C)cnc1CCC(=O)COc1ccc(C(C)C)cc1. The van der Waals surface area contributed by atoms with Crippen molar-refractivity contribution in [2.24, 2.45) is 0 Å². The van der Waals surface area contributed by atoms with Crippen LogP contribution in [0.25, 0.3) is 0 Å². The molecule has 0 aliphatic rings. The second-order valence-corrected chi connectivity index (χ2v) is 9.61. The van der Waals surface area contributed by atoms with Crippen LogP contribution in [0.15, 0.2) is 48.7 Å². The van der Waals surface area contributed by atoms with Crippen molar-refractivity contribution in [3.63, 3.8) is 0 Å². The predicted octanol–water partition coefficient (Wildman–Crippen LogP) is 5.97. The van der Waals surface area contributed by atoms with Crippen LogP contribution in [-0.4, -0.2) is 27.7 Å². The summed E-state index contributed by atoms with van der Waals surface area (Å²) in [7, 11) is 0. The van der Waals surface area contributed by atoms with Gasteiger partial charge in [-0.3, -0.25) is 9.59 Å². The van der Waals surface area contributed by atoms with Crippen molar-refractivity contribution < 1.29 is 14.3 Å². The monoisotopic (exact) mass is 474 g/mol. The number of aryl methyl sites for hydroxylation is 4. The molecule has 0 aliphatic heterocycles. The zero-order valence-electron chi connectivity index (χ0n) is 21.8. The summed E-state index contributed by atoms with van der Waals surface area (Å²) in [5.74, 6) is 2.35. The molecule has 0 spiro atoms. The Kier molecular flexibility index (Phi) is 9.41. The Labute approximate surface area is 209 Å². The molecule has 0 saturated carbocycles. The van der Waals surface area contributed by atoms with E-state index in [4.69, 9.17) is 4.74 Å². The molecule has 1 aromatic heterocycles. The highest BCUT2D eigenvalue weighted by Crippen LogP contribution is 2.19. The smallest absolute Gasteiger partial charge is 0.170 e. The summed E-state index contributed by atoms with van der Waals surface area (Å²) in [4.78, 5) is 29.6. The number of carbonyl (C=O) groups excluding carboxylic acids is 2. The molecule has 0 amide bonds. The van der Waals surface area contributed by atoms with Crippen LogP contribution >= 0.6 is 0 Å². The molecule has 0 bridgehead atoms. The summed E-state index contributed by atoms with van der Waals surface area (Å²) in [5, 5.41) is 0. The van der Waals surface area contributed by atoms with Crippen LogP contribution in [0.2, 0.25) is 0 Å².